The Balaban J connectivity index is 3.05. The fraction of sp³-hybridized carbons (Fsp3) is 0.0909. The molecule has 0 radical (unpaired) electrons. The molecule has 0 amide bonds. The maximum atomic E-state index is 10.6. The highest BCUT2D eigenvalue weighted by Crippen LogP contribution is 2.32. The number of aliphatic carboxylic acids is 1. The summed E-state index contributed by atoms with van der Waals surface area (Å²) in [7, 11) is 0. The summed E-state index contributed by atoms with van der Waals surface area (Å²) in [6.07, 6.45) is -0.109. The van der Waals surface area contributed by atoms with Gasteiger partial charge < -0.3 is 5.11 Å². The lowest BCUT2D eigenvalue weighted by Gasteiger charge is -2.08. The predicted octanol–water partition coefficient (Wildman–Crippen LogP) is 2.65. The Kier molecular flexibility index (Phi) is 5.49. The average molecular weight is 386 g/mol. The second kappa shape index (κ2) is 6.88. The first-order valence-electron chi connectivity index (χ1n) is 4.81. The zero-order chi connectivity index (χ0) is 14.4. The number of hydrogen-bond donors (Lipinski definition) is 2. The van der Waals surface area contributed by atoms with E-state index in [1.807, 2.05) is 0 Å². The smallest absolute Gasteiger partial charge is 0.307 e. The molecule has 0 fully saturated rings. The van der Waals surface area contributed by atoms with Crippen LogP contribution in [0.25, 0.3) is 0 Å². The average Bonchev–Trinajstić information content (AvgIpc) is 2.32. The Bertz CT molecular complexity index is 590. The van der Waals surface area contributed by atoms with Gasteiger partial charge in [-0.1, -0.05) is 0 Å². The molecular weight excluding hydrogens is 380 g/mol. The third-order valence-corrected chi connectivity index (χ3v) is 3.20. The van der Waals surface area contributed by atoms with Crippen LogP contribution in [0.2, 0.25) is 0 Å². The number of nitrogens with zero attached hydrogens (tertiary/aromatic N) is 3. The molecule has 1 rings (SSSR count). The molecule has 0 aliphatic heterocycles. The van der Waals surface area contributed by atoms with Crippen LogP contribution in [-0.4, -0.2) is 16.8 Å². The summed E-state index contributed by atoms with van der Waals surface area (Å²) in [5, 5.41) is 29.4. The van der Waals surface area contributed by atoms with Gasteiger partial charge in [-0.3, -0.25) is 10.2 Å². The van der Waals surface area contributed by atoms with E-state index in [-0.39, 0.29) is 12.1 Å². The molecule has 8 heteroatoms. The molecule has 0 unspecified atom stereocenters. The highest BCUT2D eigenvalue weighted by Gasteiger charge is 2.09. The molecule has 1 aromatic rings. The third-order valence-electron chi connectivity index (χ3n) is 1.95. The van der Waals surface area contributed by atoms with Crippen LogP contribution in [0.3, 0.4) is 0 Å². The number of anilines is 1. The van der Waals surface area contributed by atoms with Crippen LogP contribution in [0.1, 0.15) is 5.56 Å². The van der Waals surface area contributed by atoms with Crippen LogP contribution in [0, 0.1) is 22.7 Å². The van der Waals surface area contributed by atoms with Gasteiger partial charge in [0, 0.05) is 8.95 Å². The Morgan fingerprint density at radius 1 is 1.32 bits per heavy atom. The van der Waals surface area contributed by atoms with Gasteiger partial charge in [-0.15, -0.1) is 0 Å². The van der Waals surface area contributed by atoms with E-state index in [0.717, 1.165) is 0 Å². The minimum atomic E-state index is -0.936. The van der Waals surface area contributed by atoms with Crippen molar-refractivity contribution < 1.29 is 9.90 Å². The number of benzene rings is 1. The van der Waals surface area contributed by atoms with Gasteiger partial charge in [0.15, 0.2) is 0 Å². The van der Waals surface area contributed by atoms with Gasteiger partial charge in [0.25, 0.3) is 0 Å². The van der Waals surface area contributed by atoms with Crippen LogP contribution < -0.4 is 5.43 Å². The van der Waals surface area contributed by atoms with E-state index in [0.29, 0.717) is 20.2 Å². The highest BCUT2D eigenvalue weighted by molar-refractivity contribution is 9.11. The molecule has 0 aliphatic carbocycles. The fourth-order valence-electron chi connectivity index (χ4n) is 1.20. The number of carbonyl (C=O) groups is 1. The molecule has 0 atom stereocenters. The summed E-state index contributed by atoms with van der Waals surface area (Å²) in [4.78, 5) is 10.6. The zero-order valence-corrected chi connectivity index (χ0v) is 12.5. The van der Waals surface area contributed by atoms with Crippen LogP contribution in [-0.2, 0) is 11.2 Å². The van der Waals surface area contributed by atoms with Gasteiger partial charge in [0.2, 0.25) is 5.71 Å². The minimum Gasteiger partial charge on any atom is -0.481 e. The van der Waals surface area contributed by atoms with Crippen LogP contribution >= 0.6 is 31.9 Å². The van der Waals surface area contributed by atoms with E-state index in [1.165, 1.54) is 0 Å². The predicted molar refractivity (Wildman–Crippen MR) is 75.5 cm³/mol. The number of rotatable bonds is 4. The van der Waals surface area contributed by atoms with Crippen molar-refractivity contribution in [3.05, 3.63) is 26.6 Å². The lowest BCUT2D eigenvalue weighted by Crippen LogP contribution is -2.02. The largest absolute Gasteiger partial charge is 0.481 e. The summed E-state index contributed by atoms with van der Waals surface area (Å²) in [5.41, 5.74) is 3.35. The van der Waals surface area contributed by atoms with E-state index >= 15 is 0 Å². The van der Waals surface area contributed by atoms with Crippen LogP contribution in [0.15, 0.2) is 26.2 Å². The number of nitrogens with one attached hydrogen (secondary N) is 1. The van der Waals surface area contributed by atoms with Crippen molar-refractivity contribution in [2.24, 2.45) is 5.10 Å². The summed E-state index contributed by atoms with van der Waals surface area (Å²) in [5.74, 6) is -0.936. The van der Waals surface area contributed by atoms with E-state index in [2.05, 4.69) is 42.4 Å². The van der Waals surface area contributed by atoms with Crippen molar-refractivity contribution in [3.8, 4) is 12.1 Å². The Morgan fingerprint density at radius 3 is 2.26 bits per heavy atom. The first-order chi connectivity index (χ1) is 8.97. The first kappa shape index (κ1) is 15.2. The molecule has 0 heterocycles. The summed E-state index contributed by atoms with van der Waals surface area (Å²) in [6.45, 7) is 0. The lowest BCUT2D eigenvalue weighted by atomic mass is 10.1. The fourth-order valence-corrected chi connectivity index (χ4v) is 2.65. The highest BCUT2D eigenvalue weighted by atomic mass is 79.9. The zero-order valence-electron chi connectivity index (χ0n) is 9.31. The van der Waals surface area contributed by atoms with Crippen molar-refractivity contribution in [3.63, 3.8) is 0 Å². The molecule has 2 N–H and O–H groups in total. The normalized spacial score (nSPS) is 9.05. The Labute approximate surface area is 125 Å². The van der Waals surface area contributed by atoms with Crippen molar-refractivity contribution in [2.75, 3.05) is 5.43 Å². The molecule has 19 heavy (non-hydrogen) atoms. The van der Waals surface area contributed by atoms with E-state index in [1.54, 1.807) is 24.3 Å². The molecule has 0 saturated heterocycles. The van der Waals surface area contributed by atoms with Crippen molar-refractivity contribution in [1.29, 1.82) is 10.5 Å². The molecule has 0 aromatic heterocycles. The van der Waals surface area contributed by atoms with Gasteiger partial charge in [-0.25, -0.2) is 0 Å². The minimum absolute atomic E-state index is 0.109. The third kappa shape index (κ3) is 4.36. The maximum absolute atomic E-state index is 10.6. The van der Waals surface area contributed by atoms with Crippen molar-refractivity contribution >= 4 is 49.2 Å². The van der Waals surface area contributed by atoms with Crippen molar-refractivity contribution in [2.45, 2.75) is 6.42 Å². The second-order valence-corrected chi connectivity index (χ2v) is 5.01. The first-order valence-corrected chi connectivity index (χ1v) is 6.40. The number of halogens is 2. The van der Waals surface area contributed by atoms with Gasteiger partial charge in [0.1, 0.15) is 12.1 Å². The van der Waals surface area contributed by atoms with Crippen LogP contribution in [0.4, 0.5) is 5.69 Å². The standard InChI is InChI=1S/C11H6Br2N4O2/c12-8-1-6(3-10(18)19)2-9(13)11(8)17-16-7(4-14)5-15/h1-2,17H,3H2,(H,18,19). The van der Waals surface area contributed by atoms with Gasteiger partial charge in [-0.2, -0.15) is 15.6 Å². The molecule has 0 bridgehead atoms. The number of carboxylic acid groups (broad SMARTS) is 1. The van der Waals surface area contributed by atoms with Gasteiger partial charge in [-0.05, 0) is 49.6 Å². The Hall–Kier alpha value is -1.90. The second-order valence-electron chi connectivity index (χ2n) is 3.30. The quantitative estimate of drug-likeness (QED) is 0.611. The molecule has 96 valence electrons. The monoisotopic (exact) mass is 384 g/mol. The number of hydrogen-bond acceptors (Lipinski definition) is 5. The molecule has 0 spiro atoms. The van der Waals surface area contributed by atoms with Crippen LogP contribution in [0.5, 0.6) is 0 Å². The summed E-state index contributed by atoms with van der Waals surface area (Å²) in [6, 6.07) is 6.47. The van der Waals surface area contributed by atoms with Crippen molar-refractivity contribution in [1.82, 2.24) is 0 Å². The van der Waals surface area contributed by atoms with Gasteiger partial charge in [0.05, 0.1) is 12.1 Å². The molecule has 0 saturated carbocycles. The van der Waals surface area contributed by atoms with E-state index < -0.39 is 5.97 Å². The van der Waals surface area contributed by atoms with E-state index in [4.69, 9.17) is 15.6 Å². The van der Waals surface area contributed by atoms with Gasteiger partial charge >= 0.3 is 5.97 Å². The molecule has 1 aromatic carbocycles. The molecular formula is C11H6Br2N4O2. The number of hydrazone groups is 1. The summed E-state index contributed by atoms with van der Waals surface area (Å²) >= 11 is 6.52. The molecule has 0 aliphatic rings. The van der Waals surface area contributed by atoms with E-state index in [9.17, 15) is 4.79 Å². The molecule has 6 nitrogen and oxygen atoms in total. The topological polar surface area (TPSA) is 109 Å². The maximum Gasteiger partial charge on any atom is 0.307 e. The Morgan fingerprint density at radius 2 is 1.84 bits per heavy atom. The number of nitriles is 2. The lowest BCUT2D eigenvalue weighted by molar-refractivity contribution is -0.136. The number of carboxylic acids is 1. The summed E-state index contributed by atoms with van der Waals surface area (Å²) < 4.78 is 1.13. The SMILES string of the molecule is N#CC(C#N)=NNc1c(Br)cc(CC(=O)O)cc1Br.